The molecule has 2 aromatic rings. The smallest absolute Gasteiger partial charge is 0.192 e. The molecule has 0 amide bonds. The summed E-state index contributed by atoms with van der Waals surface area (Å²) >= 11 is 19.7. The first kappa shape index (κ1) is 15.6. The molecule has 0 fully saturated rings. The normalized spacial score (nSPS) is 11.4. The summed E-state index contributed by atoms with van der Waals surface area (Å²) in [6, 6.07) is 3.33. The summed E-state index contributed by atoms with van der Waals surface area (Å²) in [5.41, 5.74) is 0.573. The van der Waals surface area contributed by atoms with Crippen molar-refractivity contribution in [1.82, 2.24) is 14.9 Å². The lowest BCUT2D eigenvalue weighted by molar-refractivity contribution is 0.723. The minimum absolute atomic E-state index is 0.375. The van der Waals surface area contributed by atoms with Crippen molar-refractivity contribution in [2.45, 2.75) is 18.5 Å². The van der Waals surface area contributed by atoms with Crippen LogP contribution in [0.3, 0.4) is 0 Å². The Kier molecular flexibility index (Phi) is 5.32. The Bertz CT molecular complexity index is 633. The molecule has 0 aliphatic heterocycles. The fourth-order valence-electron chi connectivity index (χ4n) is 1.54. The molecule has 0 saturated carbocycles. The van der Waals surface area contributed by atoms with E-state index in [1.54, 1.807) is 23.0 Å². The summed E-state index contributed by atoms with van der Waals surface area (Å²) in [4.78, 5) is 0. The Balaban J connectivity index is 2.44. The fourth-order valence-corrected chi connectivity index (χ4v) is 2.62. The third-order valence-corrected chi connectivity index (χ3v) is 4.33. The third kappa shape index (κ3) is 3.11. The highest BCUT2D eigenvalue weighted by Crippen LogP contribution is 2.30. The van der Waals surface area contributed by atoms with E-state index in [0.717, 1.165) is 12.2 Å². The lowest BCUT2D eigenvalue weighted by atomic mass is 10.2. The van der Waals surface area contributed by atoms with Gasteiger partial charge in [-0.2, -0.15) is 9.78 Å². The second-order valence-corrected chi connectivity index (χ2v) is 5.74. The molecule has 0 bridgehead atoms. The van der Waals surface area contributed by atoms with Gasteiger partial charge in [-0.25, -0.2) is 0 Å². The fraction of sp³-hybridized carbons (Fsp3) is 0.250. The van der Waals surface area contributed by atoms with Crippen LogP contribution in [0.25, 0.3) is 0 Å². The predicted octanol–water partition coefficient (Wildman–Crippen LogP) is 4.40. The molecule has 1 heterocycles. The summed E-state index contributed by atoms with van der Waals surface area (Å²) in [6.45, 7) is 1.99. The zero-order chi connectivity index (χ0) is 14.7. The molecule has 4 nitrogen and oxygen atoms in total. The maximum Gasteiger partial charge on any atom is 0.211 e. The van der Waals surface area contributed by atoms with Crippen LogP contribution < -0.4 is 0 Å². The SMILES string of the molecule is CCc1nnc(SC)n1/N=C\c1c(Cl)ccc(Cl)c1Cl. The van der Waals surface area contributed by atoms with Crippen molar-refractivity contribution in [2.24, 2.45) is 5.10 Å². The average molecular weight is 350 g/mol. The van der Waals surface area contributed by atoms with E-state index in [2.05, 4.69) is 15.3 Å². The molecular weight excluding hydrogens is 339 g/mol. The van der Waals surface area contributed by atoms with Crippen LogP contribution in [0.2, 0.25) is 15.1 Å². The van der Waals surface area contributed by atoms with Gasteiger partial charge in [0.1, 0.15) is 0 Å². The number of benzene rings is 1. The van der Waals surface area contributed by atoms with Crippen molar-refractivity contribution in [3.8, 4) is 0 Å². The molecule has 0 radical (unpaired) electrons. The Morgan fingerprint density at radius 2 is 1.95 bits per heavy atom. The summed E-state index contributed by atoms with van der Waals surface area (Å²) in [5.74, 6) is 0.764. The van der Waals surface area contributed by atoms with E-state index in [9.17, 15) is 0 Å². The van der Waals surface area contributed by atoms with Crippen LogP contribution in [0.5, 0.6) is 0 Å². The summed E-state index contributed by atoms with van der Waals surface area (Å²) < 4.78 is 1.66. The number of halogens is 3. The summed E-state index contributed by atoms with van der Waals surface area (Å²) in [6.07, 6.45) is 4.20. The maximum absolute atomic E-state index is 6.13. The van der Waals surface area contributed by atoms with E-state index in [1.165, 1.54) is 11.8 Å². The molecule has 0 aliphatic rings. The van der Waals surface area contributed by atoms with Gasteiger partial charge in [0, 0.05) is 12.0 Å². The van der Waals surface area contributed by atoms with Crippen LogP contribution in [0.4, 0.5) is 0 Å². The van der Waals surface area contributed by atoms with Crippen molar-refractivity contribution in [3.63, 3.8) is 0 Å². The Labute approximate surface area is 136 Å². The zero-order valence-electron chi connectivity index (χ0n) is 10.8. The Hall–Kier alpha value is -0.750. The highest BCUT2D eigenvalue weighted by molar-refractivity contribution is 7.98. The maximum atomic E-state index is 6.13. The summed E-state index contributed by atoms with van der Waals surface area (Å²) in [5, 5.41) is 14.5. The molecule has 8 heteroatoms. The van der Waals surface area contributed by atoms with E-state index in [0.29, 0.717) is 25.8 Å². The van der Waals surface area contributed by atoms with Crippen LogP contribution in [0, 0.1) is 0 Å². The van der Waals surface area contributed by atoms with Gasteiger partial charge in [0.2, 0.25) is 5.16 Å². The van der Waals surface area contributed by atoms with Gasteiger partial charge < -0.3 is 0 Å². The molecular formula is C12H11Cl3N4S. The van der Waals surface area contributed by atoms with Crippen molar-refractivity contribution in [2.75, 3.05) is 6.26 Å². The number of thioether (sulfide) groups is 1. The number of aromatic nitrogens is 3. The Morgan fingerprint density at radius 1 is 1.25 bits per heavy atom. The molecule has 0 saturated heterocycles. The number of rotatable bonds is 4. The van der Waals surface area contributed by atoms with Gasteiger partial charge in [-0.15, -0.1) is 10.2 Å². The first-order valence-electron chi connectivity index (χ1n) is 5.74. The number of hydrogen-bond donors (Lipinski definition) is 0. The molecule has 0 aliphatic carbocycles. The highest BCUT2D eigenvalue weighted by Gasteiger charge is 2.10. The van der Waals surface area contributed by atoms with Gasteiger partial charge in [-0.1, -0.05) is 53.5 Å². The van der Waals surface area contributed by atoms with E-state index < -0.39 is 0 Å². The molecule has 0 unspecified atom stereocenters. The zero-order valence-corrected chi connectivity index (χ0v) is 13.9. The van der Waals surface area contributed by atoms with Crippen molar-refractivity contribution >= 4 is 52.8 Å². The van der Waals surface area contributed by atoms with E-state index in [4.69, 9.17) is 34.8 Å². The molecule has 1 aromatic carbocycles. The molecule has 0 N–H and O–H groups in total. The van der Waals surface area contributed by atoms with Gasteiger partial charge in [-0.3, -0.25) is 0 Å². The van der Waals surface area contributed by atoms with E-state index in [1.807, 2.05) is 13.2 Å². The molecule has 0 atom stereocenters. The first-order valence-corrected chi connectivity index (χ1v) is 8.10. The van der Waals surface area contributed by atoms with Crippen LogP contribution in [-0.2, 0) is 6.42 Å². The number of hydrogen-bond acceptors (Lipinski definition) is 4. The third-order valence-electron chi connectivity index (χ3n) is 2.56. The molecule has 0 spiro atoms. The van der Waals surface area contributed by atoms with Gasteiger partial charge >= 0.3 is 0 Å². The first-order chi connectivity index (χ1) is 9.58. The van der Waals surface area contributed by atoms with E-state index in [-0.39, 0.29) is 0 Å². The van der Waals surface area contributed by atoms with Gasteiger partial charge in [-0.05, 0) is 18.4 Å². The largest absolute Gasteiger partial charge is 0.211 e. The molecule has 106 valence electrons. The van der Waals surface area contributed by atoms with Gasteiger partial charge in [0.05, 0.1) is 21.3 Å². The van der Waals surface area contributed by atoms with Crippen LogP contribution in [-0.4, -0.2) is 27.3 Å². The highest BCUT2D eigenvalue weighted by atomic mass is 35.5. The Morgan fingerprint density at radius 3 is 2.60 bits per heavy atom. The molecule has 1 aromatic heterocycles. The number of nitrogens with zero attached hydrogens (tertiary/aromatic N) is 4. The van der Waals surface area contributed by atoms with Crippen molar-refractivity contribution in [3.05, 3.63) is 38.6 Å². The second-order valence-electron chi connectivity index (χ2n) is 3.77. The quantitative estimate of drug-likeness (QED) is 0.466. The monoisotopic (exact) mass is 348 g/mol. The van der Waals surface area contributed by atoms with Crippen molar-refractivity contribution < 1.29 is 0 Å². The lowest BCUT2D eigenvalue weighted by Gasteiger charge is -2.04. The van der Waals surface area contributed by atoms with Gasteiger partial charge in [0.15, 0.2) is 5.82 Å². The van der Waals surface area contributed by atoms with Gasteiger partial charge in [0.25, 0.3) is 0 Å². The molecule has 20 heavy (non-hydrogen) atoms. The van der Waals surface area contributed by atoms with Crippen LogP contribution in [0.1, 0.15) is 18.3 Å². The molecule has 2 rings (SSSR count). The second kappa shape index (κ2) is 6.80. The van der Waals surface area contributed by atoms with Crippen molar-refractivity contribution in [1.29, 1.82) is 0 Å². The topological polar surface area (TPSA) is 43.1 Å². The summed E-state index contributed by atoms with van der Waals surface area (Å²) in [7, 11) is 0. The minimum atomic E-state index is 0.375. The average Bonchev–Trinajstić information content (AvgIpc) is 2.85. The van der Waals surface area contributed by atoms with Crippen LogP contribution >= 0.6 is 46.6 Å². The standard InChI is InChI=1S/C12H11Cl3N4S/c1-3-10-17-18-12(20-2)19(10)16-6-7-8(13)4-5-9(14)11(7)15/h4-6H,3H2,1-2H3/b16-6-. The number of aryl methyl sites for hydroxylation is 1. The predicted molar refractivity (Wildman–Crippen MR) is 85.6 cm³/mol. The van der Waals surface area contributed by atoms with E-state index >= 15 is 0 Å². The lowest BCUT2D eigenvalue weighted by Crippen LogP contribution is -1.99. The minimum Gasteiger partial charge on any atom is -0.192 e. The van der Waals surface area contributed by atoms with Crippen LogP contribution in [0.15, 0.2) is 22.4 Å².